The van der Waals surface area contributed by atoms with Gasteiger partial charge in [-0.2, -0.15) is 0 Å². The van der Waals surface area contributed by atoms with Crippen LogP contribution in [-0.2, 0) is 0 Å². The normalized spacial score (nSPS) is 23.1. The Morgan fingerprint density at radius 3 is 2.95 bits per heavy atom. The molecule has 1 amide bonds. The highest BCUT2D eigenvalue weighted by Gasteiger charge is 2.19. The number of carbonyl (C=O) groups excluding carboxylic acids is 1. The molecule has 1 aliphatic carbocycles. The summed E-state index contributed by atoms with van der Waals surface area (Å²) in [4.78, 5) is 12.0. The molecule has 1 aromatic carbocycles. The molecule has 4 heteroatoms. The van der Waals surface area contributed by atoms with Gasteiger partial charge in [0.2, 0.25) is 0 Å². The number of benzene rings is 1. The lowest BCUT2D eigenvalue weighted by Gasteiger charge is -2.26. The van der Waals surface area contributed by atoms with Crippen LogP contribution < -0.4 is 5.32 Å². The molecule has 2 unspecified atom stereocenters. The Morgan fingerprint density at radius 2 is 2.26 bits per heavy atom. The summed E-state index contributed by atoms with van der Waals surface area (Å²) >= 11 is 3.09. The topological polar surface area (TPSA) is 29.1 Å². The Kier molecular flexibility index (Phi) is 4.97. The minimum Gasteiger partial charge on any atom is -0.352 e. The minimum absolute atomic E-state index is 0.126. The molecule has 0 bridgehead atoms. The minimum atomic E-state index is -0.349. The van der Waals surface area contributed by atoms with Crippen LogP contribution in [0.15, 0.2) is 22.7 Å². The van der Waals surface area contributed by atoms with Crippen molar-refractivity contribution < 1.29 is 9.18 Å². The molecule has 1 N–H and O–H groups in total. The van der Waals surface area contributed by atoms with Crippen molar-refractivity contribution in [1.82, 2.24) is 5.32 Å². The molecule has 0 saturated heterocycles. The van der Waals surface area contributed by atoms with Gasteiger partial charge in [-0.05, 0) is 58.8 Å². The van der Waals surface area contributed by atoms with Gasteiger partial charge in [-0.25, -0.2) is 4.39 Å². The summed E-state index contributed by atoms with van der Waals surface area (Å²) in [7, 11) is 0. The molecule has 2 atom stereocenters. The van der Waals surface area contributed by atoms with Gasteiger partial charge < -0.3 is 5.32 Å². The molecular formula is C15H19BrFNO. The molecule has 1 aromatic rings. The van der Waals surface area contributed by atoms with Gasteiger partial charge in [0.25, 0.3) is 5.91 Å². The van der Waals surface area contributed by atoms with Gasteiger partial charge in [0.05, 0.1) is 4.47 Å². The summed E-state index contributed by atoms with van der Waals surface area (Å²) in [5.74, 6) is 0.865. The summed E-state index contributed by atoms with van der Waals surface area (Å²) in [5.41, 5.74) is 0.497. The quantitative estimate of drug-likeness (QED) is 0.887. The zero-order valence-electron chi connectivity index (χ0n) is 11.1. The van der Waals surface area contributed by atoms with E-state index in [2.05, 4.69) is 28.2 Å². The third-order valence-electron chi connectivity index (χ3n) is 3.78. The van der Waals surface area contributed by atoms with Crippen molar-refractivity contribution in [3.63, 3.8) is 0 Å². The van der Waals surface area contributed by atoms with Gasteiger partial charge in [-0.3, -0.25) is 4.79 Å². The monoisotopic (exact) mass is 327 g/mol. The maximum Gasteiger partial charge on any atom is 0.251 e. The van der Waals surface area contributed by atoms with Crippen molar-refractivity contribution in [1.29, 1.82) is 0 Å². The number of carbonyl (C=O) groups is 1. The van der Waals surface area contributed by atoms with Crippen LogP contribution in [0, 0.1) is 17.7 Å². The first-order valence-corrected chi connectivity index (χ1v) is 7.59. The molecule has 104 valence electrons. The van der Waals surface area contributed by atoms with Gasteiger partial charge in [-0.1, -0.05) is 19.8 Å². The van der Waals surface area contributed by atoms with Crippen LogP contribution in [-0.4, -0.2) is 12.5 Å². The van der Waals surface area contributed by atoms with E-state index in [1.54, 1.807) is 0 Å². The standard InChI is InChI=1S/C15H19BrFNO/c1-10-3-2-4-11(7-10)9-18-15(19)12-5-6-14(17)13(16)8-12/h5-6,8,10-11H,2-4,7,9H2,1H3,(H,18,19). The fraction of sp³-hybridized carbons (Fsp3) is 0.533. The van der Waals surface area contributed by atoms with Crippen LogP contribution in [0.25, 0.3) is 0 Å². The van der Waals surface area contributed by atoms with E-state index in [1.165, 1.54) is 43.9 Å². The van der Waals surface area contributed by atoms with E-state index in [-0.39, 0.29) is 11.7 Å². The lowest BCUT2D eigenvalue weighted by Crippen LogP contribution is -2.31. The highest BCUT2D eigenvalue weighted by atomic mass is 79.9. The number of hydrogen-bond donors (Lipinski definition) is 1. The van der Waals surface area contributed by atoms with Crippen molar-refractivity contribution in [3.05, 3.63) is 34.1 Å². The van der Waals surface area contributed by atoms with E-state index in [0.29, 0.717) is 16.0 Å². The molecule has 2 rings (SSSR count). The highest BCUT2D eigenvalue weighted by molar-refractivity contribution is 9.10. The van der Waals surface area contributed by atoms with Crippen LogP contribution >= 0.6 is 15.9 Å². The predicted molar refractivity (Wildman–Crippen MR) is 77.6 cm³/mol. The largest absolute Gasteiger partial charge is 0.352 e. The first-order chi connectivity index (χ1) is 9.06. The molecule has 1 aliphatic rings. The maximum atomic E-state index is 13.1. The second-order valence-electron chi connectivity index (χ2n) is 5.48. The Morgan fingerprint density at radius 1 is 1.47 bits per heavy atom. The molecule has 19 heavy (non-hydrogen) atoms. The SMILES string of the molecule is CC1CCCC(CNC(=O)c2ccc(F)c(Br)c2)C1. The number of amides is 1. The molecule has 1 saturated carbocycles. The molecule has 0 heterocycles. The molecule has 2 nitrogen and oxygen atoms in total. The zero-order chi connectivity index (χ0) is 13.8. The Balaban J connectivity index is 1.88. The van der Waals surface area contributed by atoms with Crippen LogP contribution in [0.3, 0.4) is 0 Å². The van der Waals surface area contributed by atoms with Crippen molar-refractivity contribution in [2.24, 2.45) is 11.8 Å². The Hall–Kier alpha value is -0.900. The molecule has 0 radical (unpaired) electrons. The molecule has 1 fully saturated rings. The third-order valence-corrected chi connectivity index (χ3v) is 4.39. The lowest BCUT2D eigenvalue weighted by molar-refractivity contribution is 0.0940. The van der Waals surface area contributed by atoms with E-state index in [1.807, 2.05) is 0 Å². The van der Waals surface area contributed by atoms with E-state index < -0.39 is 0 Å². The average molecular weight is 328 g/mol. The van der Waals surface area contributed by atoms with E-state index in [9.17, 15) is 9.18 Å². The summed E-state index contributed by atoms with van der Waals surface area (Å²) < 4.78 is 13.4. The predicted octanol–water partition coefficient (Wildman–Crippen LogP) is 4.14. The summed E-state index contributed by atoms with van der Waals surface area (Å²) in [6.07, 6.45) is 4.93. The van der Waals surface area contributed by atoms with E-state index in [0.717, 1.165) is 12.5 Å². The number of nitrogens with one attached hydrogen (secondary N) is 1. The van der Waals surface area contributed by atoms with Gasteiger partial charge in [0, 0.05) is 12.1 Å². The Labute approximate surface area is 121 Å². The lowest BCUT2D eigenvalue weighted by atomic mass is 9.82. The van der Waals surface area contributed by atoms with Gasteiger partial charge >= 0.3 is 0 Å². The third kappa shape index (κ3) is 4.03. The second-order valence-corrected chi connectivity index (χ2v) is 6.33. The van der Waals surface area contributed by atoms with Crippen molar-refractivity contribution in [3.8, 4) is 0 Å². The maximum absolute atomic E-state index is 13.1. The van der Waals surface area contributed by atoms with Crippen LogP contribution in [0.1, 0.15) is 43.0 Å². The van der Waals surface area contributed by atoms with Crippen molar-refractivity contribution in [2.75, 3.05) is 6.54 Å². The van der Waals surface area contributed by atoms with E-state index in [4.69, 9.17) is 0 Å². The van der Waals surface area contributed by atoms with E-state index >= 15 is 0 Å². The number of rotatable bonds is 3. The fourth-order valence-corrected chi connectivity index (χ4v) is 3.10. The highest BCUT2D eigenvalue weighted by Crippen LogP contribution is 2.28. The van der Waals surface area contributed by atoms with Crippen LogP contribution in [0.5, 0.6) is 0 Å². The zero-order valence-corrected chi connectivity index (χ0v) is 12.7. The summed E-state index contributed by atoms with van der Waals surface area (Å²) in [6, 6.07) is 4.34. The molecular weight excluding hydrogens is 309 g/mol. The summed E-state index contributed by atoms with van der Waals surface area (Å²) in [6.45, 7) is 2.99. The molecule has 0 spiro atoms. The number of halogens is 2. The number of hydrogen-bond acceptors (Lipinski definition) is 1. The van der Waals surface area contributed by atoms with Gasteiger partial charge in [0.15, 0.2) is 0 Å². The average Bonchev–Trinajstić information content (AvgIpc) is 2.39. The van der Waals surface area contributed by atoms with Crippen LogP contribution in [0.2, 0.25) is 0 Å². The first-order valence-electron chi connectivity index (χ1n) is 6.79. The van der Waals surface area contributed by atoms with Crippen LogP contribution in [0.4, 0.5) is 4.39 Å². The second kappa shape index (κ2) is 6.51. The van der Waals surface area contributed by atoms with Crippen molar-refractivity contribution >= 4 is 21.8 Å². The van der Waals surface area contributed by atoms with Gasteiger partial charge in [-0.15, -0.1) is 0 Å². The fourth-order valence-electron chi connectivity index (χ4n) is 2.72. The smallest absolute Gasteiger partial charge is 0.251 e. The Bertz CT molecular complexity index is 463. The van der Waals surface area contributed by atoms with Crippen molar-refractivity contribution in [2.45, 2.75) is 32.6 Å². The van der Waals surface area contributed by atoms with Gasteiger partial charge in [0.1, 0.15) is 5.82 Å². The first kappa shape index (κ1) is 14.5. The summed E-state index contributed by atoms with van der Waals surface area (Å²) in [5, 5.41) is 2.95. The molecule has 0 aromatic heterocycles. The molecule has 0 aliphatic heterocycles.